The minimum atomic E-state index is -0.217. The summed E-state index contributed by atoms with van der Waals surface area (Å²) in [6.07, 6.45) is 2.00. The highest BCUT2D eigenvalue weighted by Gasteiger charge is 2.03. The maximum absolute atomic E-state index is 11.6. The average molecular weight is 299 g/mol. The van der Waals surface area contributed by atoms with Crippen LogP contribution in [-0.2, 0) is 0 Å². The van der Waals surface area contributed by atoms with E-state index in [1.54, 1.807) is 6.07 Å². The normalized spacial score (nSPS) is 10.4. The Morgan fingerprint density at radius 3 is 2.86 bits per heavy atom. The molecule has 1 aromatic heterocycles. The second-order valence-electron chi connectivity index (χ2n) is 2.88. The fourth-order valence-electron chi connectivity index (χ4n) is 1.30. The highest BCUT2D eigenvalue weighted by Crippen LogP contribution is 2.12. The zero-order valence-electron chi connectivity index (χ0n) is 7.08. The van der Waals surface area contributed by atoms with Gasteiger partial charge in [0.1, 0.15) is 0 Å². The van der Waals surface area contributed by atoms with Crippen molar-refractivity contribution in [2.75, 3.05) is 0 Å². The van der Waals surface area contributed by atoms with Gasteiger partial charge in [-0.2, -0.15) is 0 Å². The van der Waals surface area contributed by atoms with Crippen molar-refractivity contribution in [3.63, 3.8) is 0 Å². The largest absolute Gasteiger partial charge is 0.360 e. The van der Waals surface area contributed by atoms with Crippen LogP contribution in [0.15, 0.2) is 29.2 Å². The second-order valence-corrected chi connectivity index (χ2v) is 4.13. The second kappa shape index (κ2) is 3.53. The number of aromatic nitrogens is 1. The molecule has 0 fully saturated rings. The molecular weight excluding hydrogens is 293 g/mol. The number of pyridine rings is 1. The van der Waals surface area contributed by atoms with Crippen LogP contribution in [0, 0.1) is 3.57 Å². The van der Waals surface area contributed by atoms with Gasteiger partial charge in [0.25, 0.3) is 0 Å². The van der Waals surface area contributed by atoms with Crippen molar-refractivity contribution in [2.24, 2.45) is 0 Å². The molecule has 0 amide bonds. The number of carbonyl (C=O) groups excluding carboxylic acids is 1. The fourth-order valence-corrected chi connectivity index (χ4v) is 1.79. The molecule has 70 valence electrons. The average Bonchev–Trinajstić information content (AvgIpc) is 2.18. The van der Waals surface area contributed by atoms with E-state index in [0.717, 1.165) is 9.09 Å². The van der Waals surface area contributed by atoms with Crippen molar-refractivity contribution in [1.29, 1.82) is 0 Å². The Hall–Kier alpha value is -1.17. The molecule has 14 heavy (non-hydrogen) atoms. The van der Waals surface area contributed by atoms with Gasteiger partial charge in [-0.25, -0.2) is 0 Å². The molecule has 0 atom stereocenters. The molecule has 3 nitrogen and oxygen atoms in total. The number of benzene rings is 1. The van der Waals surface area contributed by atoms with Crippen molar-refractivity contribution < 1.29 is 4.79 Å². The highest BCUT2D eigenvalue weighted by molar-refractivity contribution is 14.1. The van der Waals surface area contributed by atoms with E-state index in [4.69, 9.17) is 0 Å². The third kappa shape index (κ3) is 1.45. The maximum Gasteiger partial charge on any atom is 0.199 e. The molecule has 1 aromatic carbocycles. The van der Waals surface area contributed by atoms with E-state index in [1.807, 2.05) is 12.1 Å². The summed E-state index contributed by atoms with van der Waals surface area (Å²) >= 11 is 2.17. The number of H-pyrrole nitrogens is 1. The van der Waals surface area contributed by atoms with Crippen LogP contribution in [0.25, 0.3) is 10.9 Å². The molecule has 2 aromatic rings. The lowest BCUT2D eigenvalue weighted by Gasteiger charge is -1.98. The van der Waals surface area contributed by atoms with E-state index in [1.165, 1.54) is 6.20 Å². The summed E-state index contributed by atoms with van der Waals surface area (Å²) in [7, 11) is 0. The predicted molar refractivity (Wildman–Crippen MR) is 62.7 cm³/mol. The van der Waals surface area contributed by atoms with Crippen molar-refractivity contribution in [3.8, 4) is 0 Å². The number of carbonyl (C=O) groups is 1. The predicted octanol–water partition coefficient (Wildman–Crippen LogP) is 1.95. The van der Waals surface area contributed by atoms with Gasteiger partial charge < -0.3 is 4.98 Å². The molecule has 1 N–H and O–H groups in total. The van der Waals surface area contributed by atoms with E-state index in [-0.39, 0.29) is 11.0 Å². The number of hydrogen-bond acceptors (Lipinski definition) is 2. The van der Waals surface area contributed by atoms with Gasteiger partial charge in [0.15, 0.2) is 11.7 Å². The first-order valence-electron chi connectivity index (χ1n) is 3.98. The molecule has 1 heterocycles. The van der Waals surface area contributed by atoms with Crippen LogP contribution < -0.4 is 5.43 Å². The van der Waals surface area contributed by atoms with Crippen LogP contribution >= 0.6 is 22.6 Å². The van der Waals surface area contributed by atoms with Crippen LogP contribution in [0.2, 0.25) is 0 Å². The molecule has 0 saturated heterocycles. The van der Waals surface area contributed by atoms with Gasteiger partial charge in [-0.05, 0) is 40.8 Å². The number of halogens is 1. The zero-order chi connectivity index (χ0) is 10.1. The monoisotopic (exact) mass is 299 g/mol. The van der Waals surface area contributed by atoms with Gasteiger partial charge in [-0.3, -0.25) is 9.59 Å². The standard InChI is InChI=1S/C10H6INO2/c11-7-1-2-8-9(3-7)12-4-6(5-13)10(8)14/h1-5H,(H,12,14). The van der Waals surface area contributed by atoms with Crippen LogP contribution in [0.5, 0.6) is 0 Å². The topological polar surface area (TPSA) is 49.9 Å². The summed E-state index contributed by atoms with van der Waals surface area (Å²) in [6.45, 7) is 0. The molecule has 0 spiro atoms. The Bertz CT molecular complexity index is 560. The minimum absolute atomic E-state index is 0.165. The van der Waals surface area contributed by atoms with Gasteiger partial charge in [0.2, 0.25) is 0 Å². The van der Waals surface area contributed by atoms with Crippen LogP contribution in [0.4, 0.5) is 0 Å². The summed E-state index contributed by atoms with van der Waals surface area (Å²) in [4.78, 5) is 25.0. The number of rotatable bonds is 1. The first-order chi connectivity index (χ1) is 6.72. The molecule has 0 aliphatic carbocycles. The van der Waals surface area contributed by atoms with Gasteiger partial charge in [0.05, 0.1) is 11.1 Å². The minimum Gasteiger partial charge on any atom is -0.360 e. The van der Waals surface area contributed by atoms with E-state index in [9.17, 15) is 9.59 Å². The van der Waals surface area contributed by atoms with Crippen molar-refractivity contribution in [3.05, 3.63) is 43.8 Å². The van der Waals surface area contributed by atoms with Gasteiger partial charge in [-0.1, -0.05) is 0 Å². The Kier molecular flexibility index (Phi) is 2.37. The summed E-state index contributed by atoms with van der Waals surface area (Å²) in [5, 5.41) is 0.551. The fraction of sp³-hybridized carbons (Fsp3) is 0. The number of hydrogen-bond donors (Lipinski definition) is 1. The number of aromatic amines is 1. The van der Waals surface area contributed by atoms with E-state index < -0.39 is 0 Å². The lowest BCUT2D eigenvalue weighted by Crippen LogP contribution is -2.08. The third-order valence-electron chi connectivity index (χ3n) is 2.00. The van der Waals surface area contributed by atoms with Crippen molar-refractivity contribution in [1.82, 2.24) is 4.98 Å². The molecular formula is C10H6INO2. The summed E-state index contributed by atoms with van der Waals surface area (Å²) in [6, 6.07) is 5.43. The summed E-state index contributed by atoms with van der Waals surface area (Å²) < 4.78 is 1.05. The Labute approximate surface area is 93.3 Å². The summed E-state index contributed by atoms with van der Waals surface area (Å²) in [5.41, 5.74) is 0.705. The quantitative estimate of drug-likeness (QED) is 0.646. The molecule has 2 rings (SSSR count). The molecule has 0 radical (unpaired) electrons. The SMILES string of the molecule is O=Cc1c[nH]c2cc(I)ccc2c1=O. The first kappa shape index (κ1) is 9.39. The Morgan fingerprint density at radius 2 is 2.14 bits per heavy atom. The summed E-state index contributed by atoms with van der Waals surface area (Å²) in [5.74, 6) is 0. The highest BCUT2D eigenvalue weighted by atomic mass is 127. The molecule has 0 bridgehead atoms. The van der Waals surface area contributed by atoms with E-state index in [2.05, 4.69) is 27.6 Å². The van der Waals surface area contributed by atoms with E-state index >= 15 is 0 Å². The molecule has 0 saturated carbocycles. The third-order valence-corrected chi connectivity index (χ3v) is 2.67. The Balaban J connectivity index is 2.91. The molecule has 0 unspecified atom stereocenters. The first-order valence-corrected chi connectivity index (χ1v) is 5.06. The molecule has 4 heteroatoms. The number of nitrogens with one attached hydrogen (secondary N) is 1. The van der Waals surface area contributed by atoms with Crippen LogP contribution in [0.3, 0.4) is 0 Å². The smallest absolute Gasteiger partial charge is 0.199 e. The molecule has 0 aliphatic rings. The van der Waals surface area contributed by atoms with Crippen molar-refractivity contribution in [2.45, 2.75) is 0 Å². The van der Waals surface area contributed by atoms with E-state index in [0.29, 0.717) is 11.7 Å². The number of fused-ring (bicyclic) bond motifs is 1. The zero-order valence-corrected chi connectivity index (χ0v) is 9.24. The van der Waals surface area contributed by atoms with Crippen LogP contribution in [-0.4, -0.2) is 11.3 Å². The van der Waals surface area contributed by atoms with Crippen LogP contribution in [0.1, 0.15) is 10.4 Å². The van der Waals surface area contributed by atoms with Gasteiger partial charge in [-0.15, -0.1) is 0 Å². The van der Waals surface area contributed by atoms with Crippen molar-refractivity contribution >= 4 is 39.8 Å². The van der Waals surface area contributed by atoms with Gasteiger partial charge in [0, 0.05) is 15.2 Å². The lowest BCUT2D eigenvalue weighted by atomic mass is 10.1. The maximum atomic E-state index is 11.6. The molecule has 0 aliphatic heterocycles. The lowest BCUT2D eigenvalue weighted by molar-refractivity contribution is 0.112. The number of aldehydes is 1. The van der Waals surface area contributed by atoms with Gasteiger partial charge >= 0.3 is 0 Å². The Morgan fingerprint density at radius 1 is 1.36 bits per heavy atom.